The fraction of sp³-hybridized carbons (Fsp3) is 0.174. The predicted molar refractivity (Wildman–Crippen MR) is 113 cm³/mol. The van der Waals surface area contributed by atoms with Crippen molar-refractivity contribution in [3.63, 3.8) is 0 Å². The van der Waals surface area contributed by atoms with E-state index in [0.717, 1.165) is 38.0 Å². The summed E-state index contributed by atoms with van der Waals surface area (Å²) < 4.78 is 0. The second-order valence-corrected chi connectivity index (χ2v) is 7.58. The van der Waals surface area contributed by atoms with Crippen LogP contribution in [-0.4, -0.2) is 45.2 Å². The standard InChI is InChI=1S/C23H20N4O3/c1-13-21(16-7-3-5-9-18(16)25-13)20(28)12-27-22(29)19(26-23(27)30)10-14-11-24-17-8-4-2-6-15(14)17/h2-9,11,19,24-25H,10,12H2,1H3,(H,26,30)/t19-/m0/s1. The lowest BCUT2D eigenvalue weighted by molar-refractivity contribution is -0.127. The highest BCUT2D eigenvalue weighted by atomic mass is 16.2. The van der Waals surface area contributed by atoms with Crippen LogP contribution in [-0.2, 0) is 11.2 Å². The van der Waals surface area contributed by atoms with E-state index in [1.165, 1.54) is 0 Å². The fourth-order valence-corrected chi connectivity index (χ4v) is 4.24. The van der Waals surface area contributed by atoms with Crippen molar-refractivity contribution in [3.05, 3.63) is 71.5 Å². The largest absolute Gasteiger partial charge is 0.361 e. The Bertz CT molecular complexity index is 1320. The number of rotatable bonds is 5. The average Bonchev–Trinajstić information content (AvgIpc) is 3.38. The quantitative estimate of drug-likeness (QED) is 0.354. The molecule has 3 N–H and O–H groups in total. The van der Waals surface area contributed by atoms with Gasteiger partial charge in [-0.15, -0.1) is 0 Å². The van der Waals surface area contributed by atoms with Crippen molar-refractivity contribution in [3.8, 4) is 0 Å². The van der Waals surface area contributed by atoms with Crippen LogP contribution in [0.25, 0.3) is 21.8 Å². The number of imide groups is 1. The zero-order valence-corrected chi connectivity index (χ0v) is 16.4. The Labute approximate surface area is 172 Å². The number of aromatic amines is 2. The molecule has 1 aliphatic heterocycles. The van der Waals surface area contributed by atoms with Crippen LogP contribution in [0.5, 0.6) is 0 Å². The first-order valence-electron chi connectivity index (χ1n) is 9.80. The molecule has 5 rings (SSSR count). The molecule has 1 atom stereocenters. The van der Waals surface area contributed by atoms with Gasteiger partial charge in [0.15, 0.2) is 5.78 Å². The molecule has 3 amide bonds. The summed E-state index contributed by atoms with van der Waals surface area (Å²) in [6, 6.07) is 14.1. The fourth-order valence-electron chi connectivity index (χ4n) is 4.24. The second-order valence-electron chi connectivity index (χ2n) is 7.58. The Morgan fingerprint density at radius 2 is 1.70 bits per heavy atom. The highest BCUT2D eigenvalue weighted by Crippen LogP contribution is 2.24. The normalized spacial score (nSPS) is 16.6. The maximum atomic E-state index is 13.0. The molecule has 30 heavy (non-hydrogen) atoms. The maximum Gasteiger partial charge on any atom is 0.325 e. The number of H-pyrrole nitrogens is 2. The number of Topliss-reactive ketones (excluding diaryl/α,β-unsaturated/α-hetero) is 1. The van der Waals surface area contributed by atoms with Gasteiger partial charge in [0.05, 0.1) is 6.54 Å². The zero-order chi connectivity index (χ0) is 20.8. The molecular formula is C23H20N4O3. The average molecular weight is 400 g/mol. The molecule has 0 saturated carbocycles. The first kappa shape index (κ1) is 18.2. The van der Waals surface area contributed by atoms with Gasteiger partial charge in [0.2, 0.25) is 0 Å². The zero-order valence-electron chi connectivity index (χ0n) is 16.4. The van der Waals surface area contributed by atoms with E-state index in [1.807, 2.05) is 61.7 Å². The summed E-state index contributed by atoms with van der Waals surface area (Å²) in [5.74, 6) is -0.641. The first-order valence-corrected chi connectivity index (χ1v) is 9.80. The van der Waals surface area contributed by atoms with Crippen LogP contribution in [0.15, 0.2) is 54.7 Å². The van der Waals surface area contributed by atoms with Crippen LogP contribution in [0.3, 0.4) is 0 Å². The van der Waals surface area contributed by atoms with E-state index < -0.39 is 12.1 Å². The lowest BCUT2D eigenvalue weighted by atomic mass is 10.0. The molecule has 1 saturated heterocycles. The van der Waals surface area contributed by atoms with Gasteiger partial charge in [-0.3, -0.25) is 14.5 Å². The maximum absolute atomic E-state index is 13.0. The number of nitrogens with zero attached hydrogens (tertiary/aromatic N) is 1. The monoisotopic (exact) mass is 400 g/mol. The number of aromatic nitrogens is 2. The molecule has 3 heterocycles. The molecule has 1 aliphatic rings. The number of amides is 3. The molecule has 0 radical (unpaired) electrons. The van der Waals surface area contributed by atoms with Gasteiger partial charge in [-0.05, 0) is 24.6 Å². The van der Waals surface area contributed by atoms with Crippen molar-refractivity contribution in [1.29, 1.82) is 0 Å². The van der Waals surface area contributed by atoms with E-state index >= 15 is 0 Å². The van der Waals surface area contributed by atoms with E-state index in [4.69, 9.17) is 0 Å². The second kappa shape index (κ2) is 6.88. The molecule has 7 nitrogen and oxygen atoms in total. The number of hydrogen-bond donors (Lipinski definition) is 3. The van der Waals surface area contributed by atoms with Crippen molar-refractivity contribution in [1.82, 2.24) is 20.2 Å². The van der Waals surface area contributed by atoms with Crippen LogP contribution in [0.1, 0.15) is 21.6 Å². The number of urea groups is 1. The first-order chi connectivity index (χ1) is 14.5. The number of aryl methyl sites for hydroxylation is 1. The molecule has 2 aromatic heterocycles. The van der Waals surface area contributed by atoms with Crippen LogP contribution in [0.4, 0.5) is 4.79 Å². The number of para-hydroxylation sites is 2. The van der Waals surface area contributed by atoms with Crippen LogP contribution in [0.2, 0.25) is 0 Å². The molecule has 7 heteroatoms. The van der Waals surface area contributed by atoms with E-state index in [0.29, 0.717) is 12.0 Å². The number of benzene rings is 2. The summed E-state index contributed by atoms with van der Waals surface area (Å²) in [5, 5.41) is 4.53. The Kier molecular flexibility index (Phi) is 4.17. The Morgan fingerprint density at radius 3 is 2.50 bits per heavy atom. The van der Waals surface area contributed by atoms with Crippen LogP contribution >= 0.6 is 0 Å². The summed E-state index contributed by atoms with van der Waals surface area (Å²) >= 11 is 0. The van der Waals surface area contributed by atoms with Gasteiger partial charge in [0.25, 0.3) is 5.91 Å². The van der Waals surface area contributed by atoms with Crippen molar-refractivity contribution in [2.75, 3.05) is 6.54 Å². The highest BCUT2D eigenvalue weighted by molar-refractivity contribution is 6.14. The molecule has 0 aliphatic carbocycles. The van der Waals surface area contributed by atoms with Gasteiger partial charge in [-0.1, -0.05) is 36.4 Å². The summed E-state index contributed by atoms with van der Waals surface area (Å²) in [7, 11) is 0. The Hall–Kier alpha value is -3.87. The minimum atomic E-state index is -0.687. The third-order valence-corrected chi connectivity index (χ3v) is 5.68. The predicted octanol–water partition coefficient (Wildman–Crippen LogP) is 3.30. The van der Waals surface area contributed by atoms with Crippen molar-refractivity contribution in [2.45, 2.75) is 19.4 Å². The molecule has 0 bridgehead atoms. The van der Waals surface area contributed by atoms with Crippen molar-refractivity contribution >= 4 is 39.5 Å². The van der Waals surface area contributed by atoms with E-state index in [2.05, 4.69) is 15.3 Å². The lowest BCUT2D eigenvalue weighted by Gasteiger charge is -2.12. The summed E-state index contributed by atoms with van der Waals surface area (Å²) in [6.45, 7) is 1.54. The number of fused-ring (bicyclic) bond motifs is 2. The third kappa shape index (κ3) is 2.86. The van der Waals surface area contributed by atoms with Crippen molar-refractivity contribution < 1.29 is 14.4 Å². The summed E-state index contributed by atoms with van der Waals surface area (Å²) in [6.07, 6.45) is 2.22. The number of carbonyl (C=O) groups is 3. The van der Waals surface area contributed by atoms with E-state index in [-0.39, 0.29) is 18.2 Å². The summed E-state index contributed by atoms with van der Waals surface area (Å²) in [4.78, 5) is 45.7. The molecule has 0 spiro atoms. The molecule has 1 fully saturated rings. The molecular weight excluding hydrogens is 380 g/mol. The minimum Gasteiger partial charge on any atom is -0.361 e. The van der Waals surface area contributed by atoms with Crippen LogP contribution < -0.4 is 5.32 Å². The number of nitrogens with one attached hydrogen (secondary N) is 3. The Balaban J connectivity index is 1.37. The van der Waals surface area contributed by atoms with E-state index in [1.54, 1.807) is 0 Å². The third-order valence-electron chi connectivity index (χ3n) is 5.68. The van der Waals surface area contributed by atoms with Crippen molar-refractivity contribution in [2.24, 2.45) is 0 Å². The van der Waals surface area contributed by atoms with Crippen LogP contribution in [0, 0.1) is 6.92 Å². The summed E-state index contributed by atoms with van der Waals surface area (Å²) in [5.41, 5.74) is 4.03. The lowest BCUT2D eigenvalue weighted by Crippen LogP contribution is -2.36. The van der Waals surface area contributed by atoms with Gasteiger partial charge in [-0.25, -0.2) is 4.79 Å². The SMILES string of the molecule is Cc1[nH]c2ccccc2c1C(=O)CN1C(=O)N[C@@H](Cc2c[nH]c3ccccc23)C1=O. The van der Waals surface area contributed by atoms with Gasteiger partial charge < -0.3 is 15.3 Å². The number of carbonyl (C=O) groups excluding carboxylic acids is 3. The van der Waals surface area contributed by atoms with Gasteiger partial charge in [0.1, 0.15) is 6.04 Å². The number of ketones is 1. The smallest absolute Gasteiger partial charge is 0.325 e. The van der Waals surface area contributed by atoms with Gasteiger partial charge in [0, 0.05) is 45.7 Å². The molecule has 4 aromatic rings. The van der Waals surface area contributed by atoms with Gasteiger partial charge in [-0.2, -0.15) is 0 Å². The topological polar surface area (TPSA) is 98.1 Å². The van der Waals surface area contributed by atoms with E-state index in [9.17, 15) is 14.4 Å². The molecule has 2 aromatic carbocycles. The number of hydrogen-bond acceptors (Lipinski definition) is 3. The Morgan fingerprint density at radius 1 is 1.00 bits per heavy atom. The molecule has 0 unspecified atom stereocenters. The molecule has 150 valence electrons. The minimum absolute atomic E-state index is 0.263. The van der Waals surface area contributed by atoms with Gasteiger partial charge >= 0.3 is 6.03 Å². The highest BCUT2D eigenvalue weighted by Gasteiger charge is 2.39.